The number of imidazole rings is 2. The lowest BCUT2D eigenvalue weighted by molar-refractivity contribution is 0.638. The topological polar surface area (TPSA) is 35.6 Å². The van der Waals surface area contributed by atoms with Crippen LogP contribution < -0.4 is 0 Å². The van der Waals surface area contributed by atoms with Crippen LogP contribution in [0.5, 0.6) is 0 Å². The number of nitrogens with zero attached hydrogens (tertiary/aromatic N) is 4. The molecule has 0 radical (unpaired) electrons. The van der Waals surface area contributed by atoms with Gasteiger partial charge in [0.05, 0.1) is 27.8 Å². The fourth-order valence-corrected chi connectivity index (χ4v) is 4.90. The van der Waals surface area contributed by atoms with E-state index < -0.39 is 0 Å². The van der Waals surface area contributed by atoms with Gasteiger partial charge in [0, 0.05) is 13.1 Å². The van der Waals surface area contributed by atoms with Gasteiger partial charge in [0.2, 0.25) is 0 Å². The molecule has 0 bridgehead atoms. The minimum atomic E-state index is 0.786. The molecule has 2 aromatic heterocycles. The number of rotatable bonds is 7. The zero-order valence-electron chi connectivity index (χ0n) is 17.0. The predicted octanol–water partition coefficient (Wildman–Crippen LogP) is 6.14. The van der Waals surface area contributed by atoms with Crippen LogP contribution in [0.25, 0.3) is 22.1 Å². The van der Waals surface area contributed by atoms with Gasteiger partial charge in [-0.05, 0) is 36.2 Å². The summed E-state index contributed by atoms with van der Waals surface area (Å²) in [5.41, 5.74) is 5.78. The predicted molar refractivity (Wildman–Crippen MR) is 125 cm³/mol. The maximum atomic E-state index is 4.96. The second-order valence-corrected chi connectivity index (χ2v) is 8.35. The van der Waals surface area contributed by atoms with Gasteiger partial charge in [0.1, 0.15) is 5.82 Å². The van der Waals surface area contributed by atoms with Crippen LogP contribution in [-0.4, -0.2) is 19.1 Å². The molecule has 0 aliphatic carbocycles. The highest BCUT2D eigenvalue weighted by Crippen LogP contribution is 2.28. The van der Waals surface area contributed by atoms with E-state index >= 15 is 0 Å². The molecule has 0 fully saturated rings. The first-order valence-electron chi connectivity index (χ1n) is 10.4. The number of hydrogen-bond acceptors (Lipinski definition) is 3. The monoisotopic (exact) mass is 412 g/mol. The van der Waals surface area contributed by atoms with Gasteiger partial charge in [-0.2, -0.15) is 0 Å². The van der Waals surface area contributed by atoms with Gasteiger partial charge < -0.3 is 9.13 Å². The van der Waals surface area contributed by atoms with Gasteiger partial charge in [0.15, 0.2) is 5.16 Å². The fraction of sp³-hybridized carbons (Fsp3) is 0.200. The standard InChI is InChI=1S/C25H24N4S/c1-2-16-28-22-14-8-7-13-21(22)27-25(28)30-18-24-26-20-12-6-9-15-23(20)29(24)17-19-10-4-3-5-11-19/h3-15H,2,16-18H2,1H3. The van der Waals surface area contributed by atoms with Crippen molar-refractivity contribution in [2.75, 3.05) is 0 Å². The van der Waals surface area contributed by atoms with E-state index in [-0.39, 0.29) is 0 Å². The van der Waals surface area contributed by atoms with E-state index in [9.17, 15) is 0 Å². The van der Waals surface area contributed by atoms with E-state index in [0.29, 0.717) is 0 Å². The average molecular weight is 413 g/mol. The molecule has 5 aromatic rings. The molecule has 5 heteroatoms. The number of thioether (sulfide) groups is 1. The molecule has 3 aromatic carbocycles. The lowest BCUT2D eigenvalue weighted by atomic mass is 10.2. The zero-order valence-corrected chi connectivity index (χ0v) is 17.8. The van der Waals surface area contributed by atoms with Gasteiger partial charge in [0.25, 0.3) is 0 Å². The SMILES string of the molecule is CCCn1c(SCc2nc3ccccc3n2Cc2ccccc2)nc2ccccc21. The van der Waals surface area contributed by atoms with Crippen LogP contribution in [0, 0.1) is 0 Å². The van der Waals surface area contributed by atoms with Gasteiger partial charge >= 0.3 is 0 Å². The number of aromatic nitrogens is 4. The summed E-state index contributed by atoms with van der Waals surface area (Å²) in [6, 6.07) is 27.4. The fourth-order valence-electron chi connectivity index (χ4n) is 3.91. The Morgan fingerprint density at radius 2 is 1.37 bits per heavy atom. The highest BCUT2D eigenvalue weighted by atomic mass is 32.2. The third kappa shape index (κ3) is 3.61. The molecular weight excluding hydrogens is 388 g/mol. The molecular formula is C25H24N4S. The van der Waals surface area contributed by atoms with Crippen LogP contribution in [0.1, 0.15) is 24.7 Å². The lowest BCUT2D eigenvalue weighted by Crippen LogP contribution is -2.05. The summed E-state index contributed by atoms with van der Waals surface area (Å²) in [6.07, 6.45) is 1.08. The smallest absolute Gasteiger partial charge is 0.169 e. The van der Waals surface area contributed by atoms with Crippen molar-refractivity contribution in [1.82, 2.24) is 19.1 Å². The second kappa shape index (κ2) is 8.36. The van der Waals surface area contributed by atoms with Crippen LogP contribution >= 0.6 is 11.8 Å². The molecule has 150 valence electrons. The maximum Gasteiger partial charge on any atom is 0.169 e. The van der Waals surface area contributed by atoms with Crippen LogP contribution in [0.4, 0.5) is 0 Å². The number of fused-ring (bicyclic) bond motifs is 2. The van der Waals surface area contributed by atoms with Gasteiger partial charge in [-0.3, -0.25) is 0 Å². The van der Waals surface area contributed by atoms with Gasteiger partial charge in [-0.15, -0.1) is 0 Å². The maximum absolute atomic E-state index is 4.96. The number of hydrogen-bond donors (Lipinski definition) is 0. The van der Waals surface area contributed by atoms with Crippen molar-refractivity contribution < 1.29 is 0 Å². The Kier molecular flexibility index (Phi) is 5.28. The van der Waals surface area contributed by atoms with Gasteiger partial charge in [-0.25, -0.2) is 9.97 Å². The normalized spacial score (nSPS) is 11.5. The summed E-state index contributed by atoms with van der Waals surface area (Å²) in [4.78, 5) is 9.86. The molecule has 0 saturated heterocycles. The van der Waals surface area contributed by atoms with Crippen molar-refractivity contribution in [1.29, 1.82) is 0 Å². The van der Waals surface area contributed by atoms with Crippen LogP contribution in [0.2, 0.25) is 0 Å². The summed E-state index contributed by atoms with van der Waals surface area (Å²) in [6.45, 7) is 4.01. The van der Waals surface area contributed by atoms with Crippen molar-refractivity contribution in [3.63, 3.8) is 0 Å². The highest BCUT2D eigenvalue weighted by molar-refractivity contribution is 7.98. The molecule has 0 N–H and O–H groups in total. The van der Waals surface area contributed by atoms with E-state index in [2.05, 4.69) is 94.9 Å². The molecule has 4 nitrogen and oxygen atoms in total. The summed E-state index contributed by atoms with van der Waals surface area (Å²) in [5, 5.41) is 1.07. The Hall–Kier alpha value is -3.05. The van der Waals surface area contributed by atoms with E-state index in [1.165, 1.54) is 16.6 Å². The van der Waals surface area contributed by atoms with Crippen LogP contribution in [-0.2, 0) is 18.8 Å². The van der Waals surface area contributed by atoms with Gasteiger partial charge in [-0.1, -0.05) is 73.3 Å². The number of aryl methyl sites for hydroxylation is 1. The lowest BCUT2D eigenvalue weighted by Gasteiger charge is -2.10. The molecule has 0 unspecified atom stereocenters. The Morgan fingerprint density at radius 3 is 2.10 bits per heavy atom. The molecule has 0 saturated carbocycles. The number of para-hydroxylation sites is 4. The quantitative estimate of drug-likeness (QED) is 0.301. The zero-order chi connectivity index (χ0) is 20.3. The van der Waals surface area contributed by atoms with Crippen LogP contribution in [0.3, 0.4) is 0 Å². The molecule has 30 heavy (non-hydrogen) atoms. The summed E-state index contributed by atoms with van der Waals surface area (Å²) >= 11 is 1.77. The summed E-state index contributed by atoms with van der Waals surface area (Å²) < 4.78 is 4.68. The average Bonchev–Trinajstić information content (AvgIpc) is 3.31. The third-order valence-electron chi connectivity index (χ3n) is 5.31. The Balaban J connectivity index is 1.49. The molecule has 0 aliphatic rings. The Labute approximate surface area is 180 Å². The molecule has 0 spiro atoms. The molecule has 0 amide bonds. The third-order valence-corrected chi connectivity index (χ3v) is 6.29. The van der Waals surface area contributed by atoms with E-state index in [4.69, 9.17) is 9.97 Å². The first-order chi connectivity index (χ1) is 14.8. The molecule has 0 atom stereocenters. The second-order valence-electron chi connectivity index (χ2n) is 7.41. The van der Waals surface area contributed by atoms with Crippen molar-refractivity contribution in [2.24, 2.45) is 0 Å². The number of benzene rings is 3. The first-order valence-corrected chi connectivity index (χ1v) is 11.4. The van der Waals surface area contributed by atoms with Crippen molar-refractivity contribution in [3.05, 3.63) is 90.3 Å². The highest BCUT2D eigenvalue weighted by Gasteiger charge is 2.15. The molecule has 5 rings (SSSR count). The minimum absolute atomic E-state index is 0.786. The summed E-state index contributed by atoms with van der Waals surface area (Å²) in [7, 11) is 0. The van der Waals surface area contributed by atoms with Crippen LogP contribution in [0.15, 0.2) is 84.0 Å². The van der Waals surface area contributed by atoms with Crippen molar-refractivity contribution >= 4 is 33.8 Å². The van der Waals surface area contributed by atoms with E-state index in [1.54, 1.807) is 11.8 Å². The Morgan fingerprint density at radius 1 is 0.733 bits per heavy atom. The first kappa shape index (κ1) is 18.9. The molecule has 2 heterocycles. The van der Waals surface area contributed by atoms with Crippen molar-refractivity contribution in [2.45, 2.75) is 37.3 Å². The van der Waals surface area contributed by atoms with Crippen molar-refractivity contribution in [3.8, 4) is 0 Å². The van der Waals surface area contributed by atoms with E-state index in [1.807, 2.05) is 0 Å². The molecule has 0 aliphatic heterocycles. The van der Waals surface area contributed by atoms with E-state index in [0.717, 1.165) is 47.3 Å². The largest absolute Gasteiger partial charge is 0.323 e. The minimum Gasteiger partial charge on any atom is -0.323 e. The summed E-state index contributed by atoms with van der Waals surface area (Å²) in [5.74, 6) is 1.87. The Bertz CT molecular complexity index is 1290.